The van der Waals surface area contributed by atoms with E-state index in [1.165, 1.54) is 18.4 Å². The summed E-state index contributed by atoms with van der Waals surface area (Å²) < 4.78 is 1.54. The molecule has 3 heterocycles. The average molecular weight is 377 g/mol. The summed E-state index contributed by atoms with van der Waals surface area (Å²) in [5, 5.41) is 9.84. The van der Waals surface area contributed by atoms with Crippen LogP contribution < -0.4 is 15.5 Å². The number of hydrogen-bond donors (Lipinski definition) is 2. The zero-order chi connectivity index (χ0) is 19.3. The lowest BCUT2D eigenvalue weighted by atomic mass is 10.1. The Morgan fingerprint density at radius 3 is 2.57 bits per heavy atom. The molecule has 0 atom stereocenters. The molecule has 0 radical (unpaired) electrons. The Bertz CT molecular complexity index is 945. The van der Waals surface area contributed by atoms with Crippen molar-refractivity contribution in [3.05, 3.63) is 54.6 Å². The van der Waals surface area contributed by atoms with Crippen LogP contribution in [0.2, 0.25) is 0 Å². The van der Waals surface area contributed by atoms with Gasteiger partial charge in [0.05, 0.1) is 36.2 Å². The number of rotatable bonds is 5. The molecule has 1 aliphatic rings. The predicted molar refractivity (Wildman–Crippen MR) is 109 cm³/mol. The second-order valence-corrected chi connectivity index (χ2v) is 6.74. The van der Waals surface area contributed by atoms with E-state index in [4.69, 9.17) is 0 Å². The first kappa shape index (κ1) is 18.0. The molecule has 1 saturated heterocycles. The number of benzene rings is 1. The molecule has 2 amide bonds. The highest BCUT2D eigenvalue weighted by Gasteiger charge is 2.13. The van der Waals surface area contributed by atoms with Gasteiger partial charge in [0.2, 0.25) is 0 Å². The minimum atomic E-state index is -0.321. The Morgan fingerprint density at radius 2 is 1.82 bits per heavy atom. The van der Waals surface area contributed by atoms with Gasteiger partial charge < -0.3 is 15.5 Å². The topological polar surface area (TPSA) is 88.0 Å². The molecule has 4 rings (SSSR count). The summed E-state index contributed by atoms with van der Waals surface area (Å²) in [6, 6.07) is 7.45. The second kappa shape index (κ2) is 8.08. The Hall–Kier alpha value is -3.42. The van der Waals surface area contributed by atoms with Gasteiger partial charge >= 0.3 is 6.03 Å². The van der Waals surface area contributed by atoms with Crippen molar-refractivity contribution in [2.45, 2.75) is 26.2 Å². The lowest BCUT2D eigenvalue weighted by molar-refractivity contribution is 0.262. The van der Waals surface area contributed by atoms with Crippen LogP contribution in [0.15, 0.2) is 49.1 Å². The van der Waals surface area contributed by atoms with Crippen molar-refractivity contribution >= 4 is 23.1 Å². The summed E-state index contributed by atoms with van der Waals surface area (Å²) in [6.07, 6.45) is 10.2. The highest BCUT2D eigenvalue weighted by atomic mass is 16.2. The molecule has 144 valence electrons. The van der Waals surface area contributed by atoms with Gasteiger partial charge in [-0.3, -0.25) is 0 Å². The number of aromatic nitrogens is 4. The van der Waals surface area contributed by atoms with Crippen LogP contribution in [0, 0.1) is 0 Å². The van der Waals surface area contributed by atoms with Crippen molar-refractivity contribution in [3.8, 4) is 5.95 Å². The molecule has 1 fully saturated rings. The van der Waals surface area contributed by atoms with Gasteiger partial charge in [-0.15, -0.1) is 0 Å². The third-order valence-corrected chi connectivity index (χ3v) is 4.73. The fourth-order valence-corrected chi connectivity index (χ4v) is 3.23. The van der Waals surface area contributed by atoms with Gasteiger partial charge in [-0.1, -0.05) is 19.1 Å². The van der Waals surface area contributed by atoms with Gasteiger partial charge in [0.15, 0.2) is 0 Å². The fraction of sp³-hybridized carbons (Fsp3) is 0.300. The number of hydrogen-bond acceptors (Lipinski definition) is 5. The summed E-state index contributed by atoms with van der Waals surface area (Å²) in [5.74, 6) is 0.465. The van der Waals surface area contributed by atoms with Crippen LogP contribution >= 0.6 is 0 Å². The average Bonchev–Trinajstić information content (AvgIpc) is 3.40. The van der Waals surface area contributed by atoms with E-state index in [0.29, 0.717) is 11.6 Å². The molecule has 8 nitrogen and oxygen atoms in total. The second-order valence-electron chi connectivity index (χ2n) is 6.74. The van der Waals surface area contributed by atoms with Gasteiger partial charge in [0.25, 0.3) is 5.95 Å². The van der Waals surface area contributed by atoms with E-state index in [-0.39, 0.29) is 6.03 Å². The number of nitrogens with zero attached hydrogens (tertiary/aromatic N) is 5. The summed E-state index contributed by atoms with van der Waals surface area (Å²) in [7, 11) is 0. The van der Waals surface area contributed by atoms with Crippen molar-refractivity contribution in [3.63, 3.8) is 0 Å². The number of carbonyl (C=O) groups is 1. The van der Waals surface area contributed by atoms with Crippen molar-refractivity contribution in [1.82, 2.24) is 19.7 Å². The predicted octanol–water partition coefficient (Wildman–Crippen LogP) is 3.47. The molecular formula is C20H23N7O. The Morgan fingerprint density at radius 1 is 1.07 bits per heavy atom. The number of amides is 2. The fourth-order valence-electron chi connectivity index (χ4n) is 3.23. The third kappa shape index (κ3) is 4.11. The SMILES string of the molecule is CCc1cccc(NC(=O)Nc2cnn(-c3ncc(N4CCCC4)cn3)c2)c1. The maximum atomic E-state index is 12.2. The molecule has 2 aromatic heterocycles. The lowest BCUT2D eigenvalue weighted by Gasteiger charge is -2.16. The number of urea groups is 1. The first-order valence-electron chi connectivity index (χ1n) is 9.50. The van der Waals surface area contributed by atoms with Crippen LogP contribution in [0.4, 0.5) is 21.9 Å². The van der Waals surface area contributed by atoms with E-state index >= 15 is 0 Å². The van der Waals surface area contributed by atoms with Gasteiger partial charge in [0.1, 0.15) is 0 Å². The molecule has 2 N–H and O–H groups in total. The highest BCUT2D eigenvalue weighted by Crippen LogP contribution is 2.19. The maximum Gasteiger partial charge on any atom is 0.323 e. The Labute approximate surface area is 163 Å². The number of carbonyl (C=O) groups excluding carboxylic acids is 1. The first-order valence-corrected chi connectivity index (χ1v) is 9.50. The minimum absolute atomic E-state index is 0.321. The van der Waals surface area contributed by atoms with Crippen molar-refractivity contribution in [2.75, 3.05) is 28.6 Å². The van der Waals surface area contributed by atoms with Gasteiger partial charge in [-0.25, -0.2) is 19.4 Å². The Kier molecular flexibility index (Phi) is 5.18. The van der Waals surface area contributed by atoms with E-state index in [9.17, 15) is 4.79 Å². The van der Waals surface area contributed by atoms with Crippen molar-refractivity contribution in [1.29, 1.82) is 0 Å². The van der Waals surface area contributed by atoms with Crippen LogP contribution in [0.1, 0.15) is 25.3 Å². The quantitative estimate of drug-likeness (QED) is 0.711. The highest BCUT2D eigenvalue weighted by molar-refractivity contribution is 5.99. The van der Waals surface area contributed by atoms with E-state index in [0.717, 1.165) is 30.9 Å². The zero-order valence-corrected chi connectivity index (χ0v) is 15.8. The molecule has 0 saturated carbocycles. The van der Waals surface area contributed by atoms with Crippen molar-refractivity contribution in [2.24, 2.45) is 0 Å². The zero-order valence-electron chi connectivity index (χ0n) is 15.8. The van der Waals surface area contributed by atoms with E-state index in [1.807, 2.05) is 36.7 Å². The summed E-state index contributed by atoms with van der Waals surface area (Å²) in [5.41, 5.74) is 3.52. The number of aryl methyl sites for hydroxylation is 1. The monoisotopic (exact) mass is 377 g/mol. The number of nitrogens with one attached hydrogen (secondary N) is 2. The molecule has 3 aromatic rings. The molecule has 0 aliphatic carbocycles. The van der Waals surface area contributed by atoms with E-state index < -0.39 is 0 Å². The van der Waals surface area contributed by atoms with Gasteiger partial charge in [-0.05, 0) is 37.0 Å². The summed E-state index contributed by atoms with van der Waals surface area (Å²) in [6.45, 7) is 4.18. The number of anilines is 3. The van der Waals surface area contributed by atoms with Crippen LogP contribution in [-0.2, 0) is 6.42 Å². The van der Waals surface area contributed by atoms with Crippen molar-refractivity contribution < 1.29 is 4.79 Å². The summed E-state index contributed by atoms with van der Waals surface area (Å²) >= 11 is 0. The largest absolute Gasteiger partial charge is 0.369 e. The van der Waals surface area contributed by atoms with Gasteiger partial charge in [-0.2, -0.15) is 5.10 Å². The molecule has 1 aliphatic heterocycles. The van der Waals surface area contributed by atoms with E-state index in [2.05, 4.69) is 37.5 Å². The molecule has 1 aromatic carbocycles. The van der Waals surface area contributed by atoms with Crippen LogP contribution in [0.25, 0.3) is 5.95 Å². The first-order chi connectivity index (χ1) is 13.7. The van der Waals surface area contributed by atoms with Crippen LogP contribution in [0.3, 0.4) is 0 Å². The van der Waals surface area contributed by atoms with Gasteiger partial charge in [0, 0.05) is 18.8 Å². The molecule has 0 bridgehead atoms. The molecule has 0 spiro atoms. The van der Waals surface area contributed by atoms with Crippen LogP contribution in [-0.4, -0.2) is 38.9 Å². The molecular weight excluding hydrogens is 354 g/mol. The normalized spacial score (nSPS) is 13.5. The molecule has 8 heteroatoms. The third-order valence-electron chi connectivity index (χ3n) is 4.73. The summed E-state index contributed by atoms with van der Waals surface area (Å²) in [4.78, 5) is 23.3. The van der Waals surface area contributed by atoms with Crippen LogP contribution in [0.5, 0.6) is 0 Å². The minimum Gasteiger partial charge on any atom is -0.369 e. The maximum absolute atomic E-state index is 12.2. The molecule has 28 heavy (non-hydrogen) atoms. The Balaban J connectivity index is 1.39. The smallest absolute Gasteiger partial charge is 0.323 e. The van der Waals surface area contributed by atoms with E-state index in [1.54, 1.807) is 17.1 Å². The molecule has 0 unspecified atom stereocenters. The standard InChI is InChI=1S/C20H23N7O/c1-2-15-6-5-7-16(10-15)24-20(28)25-17-11-23-27(14-17)19-21-12-18(13-22-19)26-8-3-4-9-26/h5-7,10-14H,2-4,8-9H2,1H3,(H2,24,25,28). The lowest BCUT2D eigenvalue weighted by Crippen LogP contribution is -2.19.